The summed E-state index contributed by atoms with van der Waals surface area (Å²) in [5.74, 6) is -1.76. The highest BCUT2D eigenvalue weighted by molar-refractivity contribution is 6.48. The van der Waals surface area contributed by atoms with Crippen molar-refractivity contribution in [3.05, 3.63) is 34.9 Å². The zero-order valence-electron chi connectivity index (χ0n) is 20.4. The first-order valence-electron chi connectivity index (χ1n) is 11.1. The predicted octanol–water partition coefficient (Wildman–Crippen LogP) is 4.40. The van der Waals surface area contributed by atoms with E-state index in [0.717, 1.165) is 0 Å². The van der Waals surface area contributed by atoms with E-state index < -0.39 is 20.9 Å². The van der Waals surface area contributed by atoms with Crippen LogP contribution in [0.5, 0.6) is 0 Å². The van der Waals surface area contributed by atoms with Gasteiger partial charge in [0.15, 0.2) is 0 Å². The molecule has 4 atom stereocenters. The number of hydrogen-bond acceptors (Lipinski definition) is 4. The molecule has 0 spiro atoms. The van der Waals surface area contributed by atoms with Crippen LogP contribution in [0.15, 0.2) is 24.3 Å². The fourth-order valence-corrected chi connectivity index (χ4v) is 4.89. The van der Waals surface area contributed by atoms with Gasteiger partial charge in [0.1, 0.15) is 0 Å². The van der Waals surface area contributed by atoms with Crippen molar-refractivity contribution in [3.8, 4) is 0 Å². The molecule has 177 valence electrons. The van der Waals surface area contributed by atoms with Gasteiger partial charge in [0.25, 0.3) is 5.91 Å². The Morgan fingerprint density at radius 2 is 1.78 bits per heavy atom. The number of imide groups is 1. The summed E-state index contributed by atoms with van der Waals surface area (Å²) in [7, 11) is -0.911. The lowest BCUT2D eigenvalue weighted by molar-refractivity contribution is -0.149. The topological polar surface area (TPSA) is 75.7 Å². The van der Waals surface area contributed by atoms with E-state index in [9.17, 15) is 14.4 Å². The standard InChI is InChI=1S/C24H36ClN2O4Si/c1-14(2)27(23(30)16-11-9-10-12-18(16)25)22(29)15(3)20-19(21(28)26-20)17(24(4,5)6)13-31-32(7)8/h9-12,14-15,17,19-20H,13H2,1-8H3,(H,26,28)/t15-,17-,19+,20-/m1/s1. The fraction of sp³-hybridized carbons (Fsp3) is 0.625. The number of β-lactam (4-membered cyclic amide) rings is 1. The Hall–Kier alpha value is -1.70. The van der Waals surface area contributed by atoms with Crippen molar-refractivity contribution in [1.82, 2.24) is 10.2 Å². The molecule has 0 bridgehead atoms. The van der Waals surface area contributed by atoms with Gasteiger partial charge in [-0.3, -0.25) is 19.3 Å². The van der Waals surface area contributed by atoms with Crippen LogP contribution in [-0.2, 0) is 14.0 Å². The maximum absolute atomic E-state index is 13.5. The molecule has 0 unspecified atom stereocenters. The SMILES string of the molecule is CC(C)N(C(=O)c1ccccc1Cl)C(=O)[C@H](C)[C@H]1NC(=O)[C@H]1[C@@H](CO[Si](C)C)C(C)(C)C. The van der Waals surface area contributed by atoms with Crippen molar-refractivity contribution in [1.29, 1.82) is 0 Å². The third-order valence-electron chi connectivity index (χ3n) is 6.10. The van der Waals surface area contributed by atoms with Crippen LogP contribution >= 0.6 is 11.6 Å². The molecular weight excluding hydrogens is 444 g/mol. The predicted molar refractivity (Wildman–Crippen MR) is 129 cm³/mol. The van der Waals surface area contributed by atoms with Gasteiger partial charge in [0.05, 0.1) is 28.5 Å². The van der Waals surface area contributed by atoms with Gasteiger partial charge in [-0.05, 0) is 50.4 Å². The second-order valence-electron chi connectivity index (χ2n) is 10.1. The van der Waals surface area contributed by atoms with Gasteiger partial charge in [0, 0.05) is 12.6 Å². The minimum Gasteiger partial charge on any atom is -0.417 e. The number of nitrogens with zero attached hydrogens (tertiary/aromatic N) is 1. The van der Waals surface area contributed by atoms with E-state index in [2.05, 4.69) is 39.2 Å². The smallest absolute Gasteiger partial charge is 0.262 e. The van der Waals surface area contributed by atoms with Crippen molar-refractivity contribution in [2.45, 2.75) is 66.7 Å². The number of carbonyl (C=O) groups excluding carboxylic acids is 3. The lowest BCUT2D eigenvalue weighted by Gasteiger charge is -2.48. The first-order chi connectivity index (χ1) is 14.8. The highest BCUT2D eigenvalue weighted by atomic mass is 35.5. The normalized spacial score (nSPS) is 20.5. The molecule has 2 rings (SSSR count). The van der Waals surface area contributed by atoms with E-state index in [0.29, 0.717) is 17.2 Å². The minimum atomic E-state index is -0.911. The lowest BCUT2D eigenvalue weighted by Crippen LogP contribution is -2.67. The Bertz CT molecular complexity index is 853. The number of halogens is 1. The van der Waals surface area contributed by atoms with Crippen LogP contribution in [0.4, 0.5) is 0 Å². The summed E-state index contributed by atoms with van der Waals surface area (Å²) in [5.41, 5.74) is 0.116. The molecule has 8 heteroatoms. The van der Waals surface area contributed by atoms with Gasteiger partial charge in [-0.15, -0.1) is 0 Å². The number of nitrogens with one attached hydrogen (secondary N) is 1. The maximum atomic E-state index is 13.5. The largest absolute Gasteiger partial charge is 0.417 e. The molecule has 1 aliphatic heterocycles. The molecular formula is C24H36ClN2O4Si. The van der Waals surface area contributed by atoms with E-state index in [-0.39, 0.29) is 41.1 Å². The van der Waals surface area contributed by atoms with Gasteiger partial charge >= 0.3 is 0 Å². The van der Waals surface area contributed by atoms with E-state index in [1.807, 2.05) is 0 Å². The van der Waals surface area contributed by atoms with E-state index in [1.165, 1.54) is 4.90 Å². The van der Waals surface area contributed by atoms with Crippen LogP contribution in [0.1, 0.15) is 51.9 Å². The molecule has 6 nitrogen and oxygen atoms in total. The summed E-state index contributed by atoms with van der Waals surface area (Å²) in [6.45, 7) is 16.3. The Morgan fingerprint density at radius 1 is 1.19 bits per heavy atom. The average molecular weight is 480 g/mol. The molecule has 1 radical (unpaired) electrons. The van der Waals surface area contributed by atoms with Crippen molar-refractivity contribution in [2.75, 3.05) is 6.61 Å². The zero-order chi connectivity index (χ0) is 24.4. The monoisotopic (exact) mass is 479 g/mol. The minimum absolute atomic E-state index is 0.0387. The molecule has 0 aliphatic carbocycles. The number of hydrogen-bond donors (Lipinski definition) is 1. The number of carbonyl (C=O) groups is 3. The van der Waals surface area contributed by atoms with Crippen LogP contribution in [-0.4, -0.2) is 50.4 Å². The molecule has 1 aromatic carbocycles. The second kappa shape index (κ2) is 10.5. The molecule has 1 saturated heterocycles. The third-order valence-corrected chi connectivity index (χ3v) is 7.17. The second-order valence-corrected chi connectivity index (χ2v) is 12.6. The molecule has 1 aliphatic rings. The van der Waals surface area contributed by atoms with Gasteiger partial charge in [-0.25, -0.2) is 0 Å². The third kappa shape index (κ3) is 5.80. The van der Waals surface area contributed by atoms with Crippen LogP contribution in [0.2, 0.25) is 18.1 Å². The Labute approximate surface area is 198 Å². The summed E-state index contributed by atoms with van der Waals surface area (Å²) in [5, 5.41) is 3.23. The van der Waals surface area contributed by atoms with Crippen LogP contribution in [0, 0.1) is 23.2 Å². The quantitative estimate of drug-likeness (QED) is 0.443. The molecule has 32 heavy (non-hydrogen) atoms. The lowest BCUT2D eigenvalue weighted by atomic mass is 9.65. The number of benzene rings is 1. The molecule has 3 amide bonds. The Kier molecular flexibility index (Phi) is 8.70. The Morgan fingerprint density at radius 3 is 2.25 bits per heavy atom. The summed E-state index contributed by atoms with van der Waals surface area (Å²) in [4.78, 5) is 40.6. The molecule has 0 aromatic heterocycles. The van der Waals surface area contributed by atoms with Gasteiger partial charge in [0.2, 0.25) is 20.9 Å². The Balaban J connectivity index is 2.29. The van der Waals surface area contributed by atoms with Crippen molar-refractivity contribution < 1.29 is 18.8 Å². The summed E-state index contributed by atoms with van der Waals surface area (Å²) >= 11 is 6.22. The molecule has 0 saturated carbocycles. The van der Waals surface area contributed by atoms with Gasteiger partial charge in [-0.1, -0.05) is 51.4 Å². The number of rotatable bonds is 8. The van der Waals surface area contributed by atoms with E-state index in [1.54, 1.807) is 45.0 Å². The van der Waals surface area contributed by atoms with Gasteiger partial charge < -0.3 is 9.74 Å². The summed E-state index contributed by atoms with van der Waals surface area (Å²) < 4.78 is 5.98. The first kappa shape index (κ1) is 26.5. The van der Waals surface area contributed by atoms with Crippen molar-refractivity contribution in [2.24, 2.45) is 23.2 Å². The molecule has 1 fully saturated rings. The zero-order valence-corrected chi connectivity index (χ0v) is 22.1. The summed E-state index contributed by atoms with van der Waals surface area (Å²) in [6, 6.07) is 6.01. The maximum Gasteiger partial charge on any atom is 0.262 e. The first-order valence-corrected chi connectivity index (χ1v) is 13.9. The van der Waals surface area contributed by atoms with Crippen LogP contribution < -0.4 is 5.32 Å². The molecule has 1 N–H and O–H groups in total. The number of amides is 3. The van der Waals surface area contributed by atoms with Crippen LogP contribution in [0.3, 0.4) is 0 Å². The van der Waals surface area contributed by atoms with Crippen molar-refractivity contribution in [3.63, 3.8) is 0 Å². The van der Waals surface area contributed by atoms with Crippen LogP contribution in [0.25, 0.3) is 0 Å². The van der Waals surface area contributed by atoms with E-state index >= 15 is 0 Å². The molecule has 1 heterocycles. The highest BCUT2D eigenvalue weighted by Crippen LogP contribution is 2.40. The van der Waals surface area contributed by atoms with Gasteiger partial charge in [-0.2, -0.15) is 0 Å². The van der Waals surface area contributed by atoms with E-state index in [4.69, 9.17) is 16.0 Å². The molecule has 1 aromatic rings. The fourth-order valence-electron chi connectivity index (χ4n) is 4.16. The van der Waals surface area contributed by atoms with Crippen molar-refractivity contribution >= 4 is 38.4 Å². The highest BCUT2D eigenvalue weighted by Gasteiger charge is 2.52. The average Bonchev–Trinajstić information content (AvgIpc) is 2.67. The summed E-state index contributed by atoms with van der Waals surface area (Å²) in [6.07, 6.45) is 0.